The average Bonchev–Trinajstić information content (AvgIpc) is 2.86. The van der Waals surface area contributed by atoms with E-state index in [9.17, 15) is 4.79 Å². The van der Waals surface area contributed by atoms with Crippen molar-refractivity contribution in [2.75, 3.05) is 18.7 Å². The van der Waals surface area contributed by atoms with Gasteiger partial charge in [0.2, 0.25) is 0 Å². The maximum atomic E-state index is 11.3. The number of ether oxygens (including phenoxy) is 1. The maximum Gasteiger partial charge on any atom is 0.357 e. The highest BCUT2D eigenvalue weighted by molar-refractivity contribution is 7.99. The Morgan fingerprint density at radius 2 is 2.44 bits per heavy atom. The van der Waals surface area contributed by atoms with Gasteiger partial charge in [0, 0.05) is 16.7 Å². The molecule has 2 unspecified atom stereocenters. The van der Waals surface area contributed by atoms with Gasteiger partial charge in [-0.25, -0.2) is 9.78 Å². The number of carbonyl (C=O) groups is 1. The second-order valence-corrected chi connectivity index (χ2v) is 6.39. The molecule has 2 rings (SSSR count). The van der Waals surface area contributed by atoms with E-state index in [4.69, 9.17) is 0 Å². The number of thioether (sulfide) groups is 1. The first-order valence-corrected chi connectivity index (χ1v) is 8.23. The van der Waals surface area contributed by atoms with Crippen molar-refractivity contribution in [2.24, 2.45) is 0 Å². The third-order valence-electron chi connectivity index (χ3n) is 3.19. The van der Waals surface area contributed by atoms with Crippen LogP contribution in [0, 0.1) is 0 Å². The zero-order valence-electron chi connectivity index (χ0n) is 10.6. The standard InChI is InChI=1S/C12H18N2O2S2/c1-16-11(15)10-7-18-12(14-10)13-8-4-3-5-9(6-8)17-2/h7-9H,3-6H2,1-2H3,(H,13,14). The number of nitrogens with one attached hydrogen (secondary N) is 1. The number of carbonyl (C=O) groups excluding carboxylic acids is 1. The molecule has 0 saturated heterocycles. The summed E-state index contributed by atoms with van der Waals surface area (Å²) in [5, 5.41) is 6.74. The third kappa shape index (κ3) is 3.38. The molecule has 1 aliphatic carbocycles. The molecule has 1 aromatic rings. The van der Waals surface area contributed by atoms with Crippen LogP contribution in [0.3, 0.4) is 0 Å². The lowest BCUT2D eigenvalue weighted by Gasteiger charge is -2.28. The van der Waals surface area contributed by atoms with Crippen molar-refractivity contribution in [3.05, 3.63) is 11.1 Å². The SMILES string of the molecule is COC(=O)c1csc(NC2CCCC(SC)C2)n1. The van der Waals surface area contributed by atoms with Crippen molar-refractivity contribution in [3.63, 3.8) is 0 Å². The summed E-state index contributed by atoms with van der Waals surface area (Å²) in [4.78, 5) is 15.6. The number of hydrogen-bond donors (Lipinski definition) is 1. The number of nitrogens with zero attached hydrogens (tertiary/aromatic N) is 1. The monoisotopic (exact) mass is 286 g/mol. The minimum absolute atomic E-state index is 0.370. The summed E-state index contributed by atoms with van der Waals surface area (Å²) in [5.41, 5.74) is 0.391. The molecule has 0 aliphatic heterocycles. The lowest BCUT2D eigenvalue weighted by atomic mass is 9.95. The van der Waals surface area contributed by atoms with Crippen LogP contribution in [0.1, 0.15) is 36.2 Å². The van der Waals surface area contributed by atoms with Crippen LogP contribution in [-0.2, 0) is 4.74 Å². The Kier molecular flexibility index (Phi) is 4.88. The molecule has 1 saturated carbocycles. The van der Waals surface area contributed by atoms with Crippen LogP contribution in [0.15, 0.2) is 5.38 Å². The maximum absolute atomic E-state index is 11.3. The van der Waals surface area contributed by atoms with Crippen LogP contribution in [0.5, 0.6) is 0 Å². The van der Waals surface area contributed by atoms with E-state index in [2.05, 4.69) is 21.3 Å². The van der Waals surface area contributed by atoms with Crippen LogP contribution < -0.4 is 5.32 Å². The zero-order valence-corrected chi connectivity index (χ0v) is 12.3. The molecule has 1 aliphatic rings. The molecular weight excluding hydrogens is 268 g/mol. The van der Waals surface area contributed by atoms with Crippen molar-refractivity contribution in [2.45, 2.75) is 37.0 Å². The molecular formula is C12H18N2O2S2. The smallest absolute Gasteiger partial charge is 0.357 e. The Morgan fingerprint density at radius 3 is 3.17 bits per heavy atom. The van der Waals surface area contributed by atoms with E-state index in [1.165, 1.54) is 44.1 Å². The van der Waals surface area contributed by atoms with Crippen LogP contribution in [0.25, 0.3) is 0 Å². The van der Waals surface area contributed by atoms with E-state index >= 15 is 0 Å². The summed E-state index contributed by atoms with van der Waals surface area (Å²) in [5.74, 6) is -0.370. The van der Waals surface area contributed by atoms with Crippen molar-refractivity contribution >= 4 is 34.2 Å². The van der Waals surface area contributed by atoms with Crippen molar-refractivity contribution in [1.29, 1.82) is 0 Å². The molecule has 6 heteroatoms. The number of thiazole rings is 1. The fourth-order valence-electron chi connectivity index (χ4n) is 2.20. The molecule has 1 heterocycles. The molecule has 1 fully saturated rings. The number of rotatable bonds is 4. The molecule has 18 heavy (non-hydrogen) atoms. The van der Waals surface area contributed by atoms with Crippen LogP contribution in [-0.4, -0.2) is 35.6 Å². The topological polar surface area (TPSA) is 51.2 Å². The highest BCUT2D eigenvalue weighted by Crippen LogP contribution is 2.29. The van der Waals surface area contributed by atoms with E-state index < -0.39 is 0 Å². The molecule has 2 atom stereocenters. The van der Waals surface area contributed by atoms with E-state index in [-0.39, 0.29) is 5.97 Å². The van der Waals surface area contributed by atoms with Gasteiger partial charge in [0.05, 0.1) is 7.11 Å². The van der Waals surface area contributed by atoms with Crippen molar-refractivity contribution in [3.8, 4) is 0 Å². The van der Waals surface area contributed by atoms with E-state index in [0.29, 0.717) is 11.7 Å². The normalized spacial score (nSPS) is 23.7. The predicted molar refractivity (Wildman–Crippen MR) is 76.6 cm³/mol. The summed E-state index contributed by atoms with van der Waals surface area (Å²) in [7, 11) is 1.37. The Morgan fingerprint density at radius 1 is 1.61 bits per heavy atom. The number of hydrogen-bond acceptors (Lipinski definition) is 6. The first-order valence-electron chi connectivity index (χ1n) is 6.06. The lowest BCUT2D eigenvalue weighted by molar-refractivity contribution is 0.0595. The molecule has 0 radical (unpaired) electrons. The molecule has 1 aromatic heterocycles. The van der Waals surface area contributed by atoms with Gasteiger partial charge in [-0.2, -0.15) is 11.8 Å². The Bertz CT molecular complexity index is 409. The van der Waals surface area contributed by atoms with Gasteiger partial charge >= 0.3 is 5.97 Å². The molecule has 1 N–H and O–H groups in total. The molecule has 4 nitrogen and oxygen atoms in total. The van der Waals surface area contributed by atoms with Gasteiger partial charge in [0.25, 0.3) is 0 Å². The molecule has 100 valence electrons. The van der Waals surface area contributed by atoms with Crippen LogP contribution >= 0.6 is 23.1 Å². The average molecular weight is 286 g/mol. The Hall–Kier alpha value is -0.750. The quantitative estimate of drug-likeness (QED) is 0.862. The van der Waals surface area contributed by atoms with Crippen LogP contribution in [0.2, 0.25) is 0 Å². The fraction of sp³-hybridized carbons (Fsp3) is 0.667. The van der Waals surface area contributed by atoms with Gasteiger partial charge in [0.1, 0.15) is 0 Å². The minimum atomic E-state index is -0.370. The van der Waals surface area contributed by atoms with E-state index in [1.807, 2.05) is 11.8 Å². The van der Waals surface area contributed by atoms with Gasteiger partial charge in [-0.1, -0.05) is 6.42 Å². The van der Waals surface area contributed by atoms with Gasteiger partial charge in [-0.05, 0) is 25.5 Å². The van der Waals surface area contributed by atoms with E-state index in [0.717, 1.165) is 10.4 Å². The first kappa shape index (κ1) is 13.7. The lowest BCUT2D eigenvalue weighted by Crippen LogP contribution is -2.28. The minimum Gasteiger partial charge on any atom is -0.464 e. The summed E-state index contributed by atoms with van der Waals surface area (Å²) in [6.07, 6.45) is 7.10. The van der Waals surface area contributed by atoms with Crippen LogP contribution in [0.4, 0.5) is 5.13 Å². The Labute approximate surface area is 116 Å². The first-order chi connectivity index (χ1) is 8.72. The van der Waals surface area contributed by atoms with E-state index in [1.54, 1.807) is 5.38 Å². The number of anilines is 1. The summed E-state index contributed by atoms with van der Waals surface area (Å²) in [6.45, 7) is 0. The van der Waals surface area contributed by atoms with Gasteiger partial charge < -0.3 is 10.1 Å². The fourth-order valence-corrected chi connectivity index (χ4v) is 3.79. The highest BCUT2D eigenvalue weighted by Gasteiger charge is 2.22. The molecule has 0 amide bonds. The van der Waals surface area contributed by atoms with Gasteiger partial charge in [-0.3, -0.25) is 0 Å². The van der Waals surface area contributed by atoms with Gasteiger partial charge in [-0.15, -0.1) is 11.3 Å². The van der Waals surface area contributed by atoms with Gasteiger partial charge in [0.15, 0.2) is 10.8 Å². The highest BCUT2D eigenvalue weighted by atomic mass is 32.2. The molecule has 0 aromatic carbocycles. The molecule has 0 spiro atoms. The Balaban J connectivity index is 1.92. The summed E-state index contributed by atoms with van der Waals surface area (Å²) >= 11 is 3.41. The number of esters is 1. The second kappa shape index (κ2) is 6.43. The number of aromatic nitrogens is 1. The second-order valence-electron chi connectivity index (χ2n) is 4.40. The third-order valence-corrected chi connectivity index (χ3v) is 5.05. The predicted octanol–water partition coefficient (Wildman–Crippen LogP) is 3.02. The number of methoxy groups -OCH3 is 1. The summed E-state index contributed by atoms with van der Waals surface area (Å²) < 4.78 is 4.65. The molecule has 0 bridgehead atoms. The largest absolute Gasteiger partial charge is 0.464 e. The van der Waals surface area contributed by atoms with Crippen molar-refractivity contribution in [1.82, 2.24) is 4.98 Å². The van der Waals surface area contributed by atoms with Crippen molar-refractivity contribution < 1.29 is 9.53 Å². The zero-order chi connectivity index (χ0) is 13.0. The summed E-state index contributed by atoms with van der Waals surface area (Å²) in [6, 6.07) is 0.479.